The van der Waals surface area contributed by atoms with E-state index >= 15 is 0 Å². The third-order valence-electron chi connectivity index (χ3n) is 2.94. The molecule has 0 unspecified atom stereocenters. The van der Waals surface area contributed by atoms with E-state index in [-0.39, 0.29) is 12.0 Å². The number of rotatable bonds is 5. The lowest BCUT2D eigenvalue weighted by atomic mass is 10.1. The highest BCUT2D eigenvalue weighted by Gasteiger charge is 2.11. The number of aromatic nitrogens is 2. The Kier molecular flexibility index (Phi) is 4.37. The average Bonchev–Trinajstić information content (AvgIpc) is 2.44. The van der Waals surface area contributed by atoms with Gasteiger partial charge in [0, 0.05) is 18.2 Å². The van der Waals surface area contributed by atoms with Crippen molar-refractivity contribution in [2.24, 2.45) is 7.05 Å². The summed E-state index contributed by atoms with van der Waals surface area (Å²) in [6, 6.07) is 8.78. The van der Waals surface area contributed by atoms with E-state index in [1.807, 2.05) is 31.2 Å². The second-order valence-corrected chi connectivity index (χ2v) is 4.51. The topological polar surface area (TPSA) is 81.4 Å². The summed E-state index contributed by atoms with van der Waals surface area (Å²) in [7, 11) is 1.51. The minimum Gasteiger partial charge on any atom is -0.494 e. The summed E-state index contributed by atoms with van der Waals surface area (Å²) in [5, 5.41) is 13.0. The molecule has 1 N–H and O–H groups in total. The highest BCUT2D eigenvalue weighted by molar-refractivity contribution is 5.71. The highest BCUT2D eigenvalue weighted by atomic mass is 16.5. The van der Waals surface area contributed by atoms with Crippen molar-refractivity contribution in [1.29, 1.82) is 0 Å². The summed E-state index contributed by atoms with van der Waals surface area (Å²) >= 11 is 0. The third-order valence-corrected chi connectivity index (χ3v) is 2.94. The van der Waals surface area contributed by atoms with Crippen LogP contribution in [0.25, 0.3) is 11.3 Å². The quantitative estimate of drug-likeness (QED) is 0.901. The van der Waals surface area contributed by atoms with E-state index in [1.165, 1.54) is 13.1 Å². The van der Waals surface area contributed by atoms with Gasteiger partial charge in [-0.05, 0) is 37.3 Å². The molecule has 21 heavy (non-hydrogen) atoms. The van der Waals surface area contributed by atoms with Gasteiger partial charge in [0.2, 0.25) is 0 Å². The number of ether oxygens (including phenoxy) is 1. The molecule has 2 rings (SSSR count). The van der Waals surface area contributed by atoms with Crippen LogP contribution in [-0.4, -0.2) is 27.5 Å². The Bertz CT molecular complexity index is 705. The van der Waals surface area contributed by atoms with Gasteiger partial charge in [0.05, 0.1) is 18.7 Å². The second kappa shape index (κ2) is 6.21. The maximum atomic E-state index is 11.8. The van der Waals surface area contributed by atoms with Crippen LogP contribution in [0.3, 0.4) is 0 Å². The molecule has 1 aromatic heterocycles. The number of carboxylic acid groups (broad SMARTS) is 1. The average molecular weight is 288 g/mol. The van der Waals surface area contributed by atoms with Gasteiger partial charge < -0.3 is 9.84 Å². The molecule has 110 valence electrons. The standard InChI is InChI=1S/C15H16N2O4/c1-3-21-12-6-4-10(5-7-12)13-8-11(9-14(18)19)15(20)17(2)16-13/h4-8H,3,9H2,1-2H3,(H,18,19). The Morgan fingerprint density at radius 1 is 1.33 bits per heavy atom. The Morgan fingerprint density at radius 2 is 2.00 bits per heavy atom. The number of nitrogens with zero attached hydrogens (tertiary/aromatic N) is 2. The number of hydrogen-bond donors (Lipinski definition) is 1. The summed E-state index contributed by atoms with van der Waals surface area (Å²) < 4.78 is 6.52. The summed E-state index contributed by atoms with van der Waals surface area (Å²) in [6.07, 6.45) is -0.320. The minimum absolute atomic E-state index is 0.212. The van der Waals surface area contributed by atoms with E-state index in [0.717, 1.165) is 16.0 Å². The Labute approximate surface area is 121 Å². The molecule has 0 spiro atoms. The van der Waals surface area contributed by atoms with Gasteiger partial charge in [0.1, 0.15) is 5.75 Å². The summed E-state index contributed by atoms with van der Waals surface area (Å²) in [5.41, 5.74) is 1.16. The molecule has 0 saturated carbocycles. The van der Waals surface area contributed by atoms with Crippen molar-refractivity contribution < 1.29 is 14.6 Å². The van der Waals surface area contributed by atoms with Crippen LogP contribution in [0.15, 0.2) is 35.1 Å². The zero-order valence-corrected chi connectivity index (χ0v) is 11.9. The molecule has 0 radical (unpaired) electrons. The van der Waals surface area contributed by atoms with Gasteiger partial charge in [-0.15, -0.1) is 0 Å². The SMILES string of the molecule is CCOc1ccc(-c2cc(CC(=O)O)c(=O)n(C)n2)cc1. The summed E-state index contributed by atoms with van der Waals surface area (Å²) in [6.45, 7) is 2.49. The van der Waals surface area contributed by atoms with Crippen LogP contribution in [0, 0.1) is 0 Å². The van der Waals surface area contributed by atoms with Crippen LogP contribution in [0.5, 0.6) is 5.75 Å². The van der Waals surface area contributed by atoms with Crippen LogP contribution in [0.2, 0.25) is 0 Å². The molecule has 6 heteroatoms. The monoisotopic (exact) mass is 288 g/mol. The van der Waals surface area contributed by atoms with E-state index in [2.05, 4.69) is 5.10 Å². The van der Waals surface area contributed by atoms with Crippen LogP contribution in [0.4, 0.5) is 0 Å². The highest BCUT2D eigenvalue weighted by Crippen LogP contribution is 2.20. The van der Waals surface area contributed by atoms with Crippen molar-refractivity contribution in [3.05, 3.63) is 46.2 Å². The molecule has 0 saturated heterocycles. The van der Waals surface area contributed by atoms with Gasteiger partial charge in [0.25, 0.3) is 5.56 Å². The normalized spacial score (nSPS) is 10.4. The Morgan fingerprint density at radius 3 is 2.57 bits per heavy atom. The zero-order chi connectivity index (χ0) is 15.4. The van der Waals surface area contributed by atoms with Crippen LogP contribution < -0.4 is 10.3 Å². The summed E-state index contributed by atoms with van der Waals surface area (Å²) in [5.74, 6) is -0.298. The first-order valence-electron chi connectivity index (χ1n) is 6.53. The van der Waals surface area contributed by atoms with Gasteiger partial charge in [-0.25, -0.2) is 4.68 Å². The molecule has 0 aliphatic heterocycles. The number of carbonyl (C=O) groups is 1. The molecule has 0 aliphatic rings. The van der Waals surface area contributed by atoms with Crippen molar-refractivity contribution in [2.45, 2.75) is 13.3 Å². The largest absolute Gasteiger partial charge is 0.494 e. The van der Waals surface area contributed by atoms with Crippen LogP contribution in [0.1, 0.15) is 12.5 Å². The predicted molar refractivity (Wildman–Crippen MR) is 77.4 cm³/mol. The van der Waals surface area contributed by atoms with E-state index in [4.69, 9.17) is 9.84 Å². The first-order valence-corrected chi connectivity index (χ1v) is 6.53. The maximum Gasteiger partial charge on any atom is 0.308 e. The first kappa shape index (κ1) is 14.8. The number of aryl methyl sites for hydroxylation is 1. The summed E-state index contributed by atoms with van der Waals surface area (Å²) in [4.78, 5) is 22.7. The number of aliphatic carboxylic acids is 1. The molecular weight excluding hydrogens is 272 g/mol. The smallest absolute Gasteiger partial charge is 0.308 e. The molecule has 1 heterocycles. The van der Waals surface area contributed by atoms with Crippen molar-refractivity contribution >= 4 is 5.97 Å². The van der Waals surface area contributed by atoms with E-state index in [9.17, 15) is 9.59 Å². The van der Waals surface area contributed by atoms with E-state index in [1.54, 1.807) is 0 Å². The van der Waals surface area contributed by atoms with E-state index in [0.29, 0.717) is 12.3 Å². The van der Waals surface area contributed by atoms with Crippen molar-refractivity contribution in [1.82, 2.24) is 9.78 Å². The van der Waals surface area contributed by atoms with Crippen LogP contribution >= 0.6 is 0 Å². The molecule has 6 nitrogen and oxygen atoms in total. The van der Waals surface area contributed by atoms with Crippen molar-refractivity contribution in [3.8, 4) is 17.0 Å². The number of hydrogen-bond acceptors (Lipinski definition) is 4. The molecule has 0 atom stereocenters. The molecule has 0 bridgehead atoms. The van der Waals surface area contributed by atoms with E-state index < -0.39 is 11.5 Å². The van der Waals surface area contributed by atoms with Crippen molar-refractivity contribution in [2.75, 3.05) is 6.61 Å². The third kappa shape index (κ3) is 3.47. The fourth-order valence-corrected chi connectivity index (χ4v) is 1.99. The first-order chi connectivity index (χ1) is 10.0. The zero-order valence-electron chi connectivity index (χ0n) is 11.9. The Hall–Kier alpha value is -2.63. The molecule has 1 aromatic carbocycles. The molecule has 0 amide bonds. The fourth-order valence-electron chi connectivity index (χ4n) is 1.99. The van der Waals surface area contributed by atoms with Crippen molar-refractivity contribution in [3.63, 3.8) is 0 Å². The molecule has 0 fully saturated rings. The van der Waals surface area contributed by atoms with Gasteiger partial charge in [0.15, 0.2) is 0 Å². The lowest BCUT2D eigenvalue weighted by Gasteiger charge is -2.07. The number of benzene rings is 1. The lowest BCUT2D eigenvalue weighted by molar-refractivity contribution is -0.136. The second-order valence-electron chi connectivity index (χ2n) is 4.51. The van der Waals surface area contributed by atoms with Gasteiger partial charge in [-0.2, -0.15) is 5.10 Å². The predicted octanol–water partition coefficient (Wildman–Crippen LogP) is 1.47. The molecule has 2 aromatic rings. The number of carboxylic acids is 1. The fraction of sp³-hybridized carbons (Fsp3) is 0.267. The molecule has 0 aliphatic carbocycles. The minimum atomic E-state index is -1.05. The van der Waals surface area contributed by atoms with Gasteiger partial charge in [-0.1, -0.05) is 0 Å². The van der Waals surface area contributed by atoms with Crippen LogP contribution in [-0.2, 0) is 18.3 Å². The Balaban J connectivity index is 2.41. The maximum absolute atomic E-state index is 11.8. The van der Waals surface area contributed by atoms with Gasteiger partial charge >= 0.3 is 5.97 Å². The van der Waals surface area contributed by atoms with Gasteiger partial charge in [-0.3, -0.25) is 9.59 Å². The lowest BCUT2D eigenvalue weighted by Crippen LogP contribution is -2.25. The molecular formula is C15H16N2O4.